The first-order valence-corrected chi connectivity index (χ1v) is 14.7. The van der Waals surface area contributed by atoms with Gasteiger partial charge >= 0.3 is 27.4 Å². The lowest BCUT2D eigenvalue weighted by molar-refractivity contribution is -0.137. The second-order valence-corrected chi connectivity index (χ2v) is 12.1. The van der Waals surface area contributed by atoms with Crippen LogP contribution in [0.15, 0.2) is 69.6 Å². The van der Waals surface area contributed by atoms with E-state index in [-0.39, 0.29) is 16.7 Å². The van der Waals surface area contributed by atoms with Crippen molar-refractivity contribution in [3.8, 4) is 0 Å². The van der Waals surface area contributed by atoms with Gasteiger partial charge in [-0.15, -0.1) is 4.28 Å². The van der Waals surface area contributed by atoms with Gasteiger partial charge in [0.2, 0.25) is 0 Å². The minimum absolute atomic E-state index is 0.0958. The van der Waals surface area contributed by atoms with Gasteiger partial charge in [0.15, 0.2) is 0 Å². The van der Waals surface area contributed by atoms with E-state index in [0.29, 0.717) is 24.3 Å². The number of unbranched alkanes of at least 4 members (excludes halogenated alkanes) is 2. The molecule has 8 nitrogen and oxygen atoms in total. The average molecular weight is 554 g/mol. The molecule has 0 radical (unpaired) electrons. The van der Waals surface area contributed by atoms with Crippen molar-refractivity contribution in [3.05, 3.63) is 71.6 Å². The van der Waals surface area contributed by atoms with Crippen LogP contribution < -0.4 is 4.90 Å². The zero-order valence-electron chi connectivity index (χ0n) is 23.0. The molecule has 0 bridgehead atoms. The van der Waals surface area contributed by atoms with E-state index < -0.39 is 16.1 Å². The maximum Gasteiger partial charge on any atom is 0.362 e. The lowest BCUT2D eigenvalue weighted by atomic mass is 9.76. The van der Waals surface area contributed by atoms with E-state index in [1.54, 1.807) is 25.2 Å². The zero-order valence-corrected chi connectivity index (χ0v) is 23.8. The number of carbonyl (C=O) groups is 1. The summed E-state index contributed by atoms with van der Waals surface area (Å²) in [6.07, 6.45) is 5.10. The van der Waals surface area contributed by atoms with Gasteiger partial charge in [-0.25, -0.2) is 9.48 Å². The largest absolute Gasteiger partial charge is 0.481 e. The summed E-state index contributed by atoms with van der Waals surface area (Å²) in [6, 6.07) is 16.4. The predicted octanol–water partition coefficient (Wildman–Crippen LogP) is 6.46. The molecule has 4 rings (SSSR count). The molecule has 1 aliphatic carbocycles. The molecular formula is C30H37N2O6S+. The number of rotatable bonds is 12. The van der Waals surface area contributed by atoms with Crippen LogP contribution in [0.4, 0.5) is 5.69 Å². The lowest BCUT2D eigenvalue weighted by Gasteiger charge is -2.32. The molecule has 39 heavy (non-hydrogen) atoms. The Kier molecular flexibility index (Phi) is 8.61. The van der Waals surface area contributed by atoms with Crippen LogP contribution in [0.5, 0.6) is 0 Å². The van der Waals surface area contributed by atoms with Gasteiger partial charge in [0, 0.05) is 37.7 Å². The number of fused-ring (bicyclic) bond motifs is 2. The van der Waals surface area contributed by atoms with Crippen LogP contribution in [0, 0.1) is 0 Å². The fourth-order valence-electron chi connectivity index (χ4n) is 4.97. The molecule has 0 saturated heterocycles. The highest BCUT2D eigenvalue weighted by molar-refractivity contribution is 7.86. The molecule has 0 atom stereocenters. The second-order valence-electron chi connectivity index (χ2n) is 10.6. The van der Waals surface area contributed by atoms with Gasteiger partial charge < -0.3 is 10.0 Å². The number of carboxylic acids is 1. The van der Waals surface area contributed by atoms with Gasteiger partial charge in [-0.3, -0.25) is 4.79 Å². The first-order chi connectivity index (χ1) is 18.5. The topological polar surface area (TPSA) is 98.4 Å². The Balaban J connectivity index is 1.58. The van der Waals surface area contributed by atoms with Crippen molar-refractivity contribution in [2.24, 2.45) is 0 Å². The Bertz CT molecular complexity index is 1470. The van der Waals surface area contributed by atoms with E-state index in [9.17, 15) is 13.2 Å². The molecule has 9 heteroatoms. The van der Waals surface area contributed by atoms with E-state index in [2.05, 4.69) is 43.9 Å². The summed E-state index contributed by atoms with van der Waals surface area (Å²) in [7, 11) is -2.37. The Hall–Kier alpha value is -3.43. The molecule has 0 amide bonds. The second kappa shape index (κ2) is 11.8. The average Bonchev–Trinajstić information content (AvgIpc) is 2.89. The Morgan fingerprint density at radius 3 is 2.51 bits per heavy atom. The highest BCUT2D eigenvalue weighted by atomic mass is 32.2. The van der Waals surface area contributed by atoms with Crippen molar-refractivity contribution in [1.82, 2.24) is 5.06 Å². The summed E-state index contributed by atoms with van der Waals surface area (Å²) in [6.45, 7) is 7.98. The summed E-state index contributed by atoms with van der Waals surface area (Å²) in [5, 5.41) is 11.2. The highest BCUT2D eigenvalue weighted by Gasteiger charge is 2.38. The summed E-state index contributed by atoms with van der Waals surface area (Å²) in [4.78, 5) is 13.1. The summed E-state index contributed by atoms with van der Waals surface area (Å²) in [5.74, 6) is -0.0760. The number of hydrogen-bond acceptors (Lipinski definition) is 6. The number of carboxylic acid groups (broad SMARTS) is 1. The zero-order chi connectivity index (χ0) is 28.2. The van der Waals surface area contributed by atoms with Crippen LogP contribution in [-0.2, 0) is 24.6 Å². The molecule has 0 saturated carbocycles. The smallest absolute Gasteiger partial charge is 0.362 e. The maximum absolute atomic E-state index is 12.8. The van der Waals surface area contributed by atoms with Crippen LogP contribution in [0.3, 0.4) is 0 Å². The predicted molar refractivity (Wildman–Crippen MR) is 153 cm³/mol. The third-order valence-electron chi connectivity index (χ3n) is 7.14. The summed E-state index contributed by atoms with van der Waals surface area (Å²) >= 11 is 0. The number of anilines is 1. The molecule has 0 aliphatic heterocycles. The monoisotopic (exact) mass is 553 g/mol. The number of allylic oxidation sites excluding steroid dienone is 1. The molecule has 0 fully saturated rings. The minimum atomic E-state index is -3.97. The Labute approximate surface area is 230 Å². The molecule has 2 aromatic carbocycles. The SMILES string of the molecule is CCN(CCCCCC(=O)O)c1ccc2cc3c([o+]c2c1)C=C(N(C)OS(=O)(=O)c1ccccc1)CC3(C)C. The van der Waals surface area contributed by atoms with E-state index in [0.717, 1.165) is 48.2 Å². The first-order valence-electron chi connectivity index (χ1n) is 13.3. The third-order valence-corrected chi connectivity index (χ3v) is 8.41. The molecular weight excluding hydrogens is 516 g/mol. The first kappa shape index (κ1) is 28.6. The molecule has 1 aromatic heterocycles. The van der Waals surface area contributed by atoms with Crippen molar-refractivity contribution >= 4 is 38.8 Å². The number of hydroxylamine groups is 2. The van der Waals surface area contributed by atoms with Crippen molar-refractivity contribution in [3.63, 3.8) is 0 Å². The van der Waals surface area contributed by atoms with E-state index in [4.69, 9.17) is 13.8 Å². The third kappa shape index (κ3) is 6.78. The summed E-state index contributed by atoms with van der Waals surface area (Å²) < 4.78 is 37.5. The van der Waals surface area contributed by atoms with Crippen molar-refractivity contribution in [2.45, 2.75) is 63.2 Å². The van der Waals surface area contributed by atoms with Crippen LogP contribution in [0.2, 0.25) is 0 Å². The maximum atomic E-state index is 12.8. The molecule has 1 N–H and O–H groups in total. The normalized spacial score (nSPS) is 14.5. The van der Waals surface area contributed by atoms with Gasteiger partial charge in [0.25, 0.3) is 0 Å². The van der Waals surface area contributed by atoms with Gasteiger partial charge in [-0.1, -0.05) is 38.5 Å². The van der Waals surface area contributed by atoms with E-state index in [1.165, 1.54) is 17.2 Å². The fraction of sp³-hybridized carbons (Fsp3) is 0.400. The molecule has 0 spiro atoms. The Morgan fingerprint density at radius 2 is 1.82 bits per heavy atom. The van der Waals surface area contributed by atoms with Gasteiger partial charge in [-0.05, 0) is 56.5 Å². The standard InChI is InChI=1S/C30H36N2O6S/c1-5-32(17-11-7-10-14-29(33)34)23-16-15-22-18-26-28(37-27(22)19-23)20-24(21-30(26,2)3)31(4)38-39(35,36)25-12-8-6-9-13-25/h6,8-9,12-13,15-16,18-20H,5,7,10-11,14,17,21H2,1-4H3/p+1. The number of aliphatic carboxylic acids is 1. The summed E-state index contributed by atoms with van der Waals surface area (Å²) in [5.41, 5.74) is 3.22. The van der Waals surface area contributed by atoms with Crippen LogP contribution >= 0.6 is 0 Å². The number of nitrogens with zero attached hydrogens (tertiary/aromatic N) is 2. The van der Waals surface area contributed by atoms with Gasteiger partial charge in [-0.2, -0.15) is 8.42 Å². The molecule has 1 heterocycles. The molecule has 208 valence electrons. The highest BCUT2D eigenvalue weighted by Crippen LogP contribution is 2.41. The van der Waals surface area contributed by atoms with E-state index >= 15 is 0 Å². The van der Waals surface area contributed by atoms with Gasteiger partial charge in [0.05, 0.1) is 33.7 Å². The fourth-order valence-corrected chi connectivity index (χ4v) is 5.93. The van der Waals surface area contributed by atoms with Crippen LogP contribution in [0.25, 0.3) is 17.0 Å². The molecule has 0 unspecified atom stereocenters. The quantitative estimate of drug-likeness (QED) is 0.155. The van der Waals surface area contributed by atoms with Crippen LogP contribution in [-0.4, -0.2) is 44.7 Å². The van der Waals surface area contributed by atoms with Crippen molar-refractivity contribution in [1.29, 1.82) is 0 Å². The number of benzene rings is 2. The minimum Gasteiger partial charge on any atom is -0.481 e. The lowest BCUT2D eigenvalue weighted by Crippen LogP contribution is -2.30. The van der Waals surface area contributed by atoms with Gasteiger partial charge in [0.1, 0.15) is 0 Å². The molecule has 3 aromatic rings. The van der Waals surface area contributed by atoms with E-state index in [1.807, 2.05) is 12.1 Å². The van der Waals surface area contributed by atoms with Crippen LogP contribution in [0.1, 0.15) is 64.2 Å². The Morgan fingerprint density at radius 1 is 1.08 bits per heavy atom. The van der Waals surface area contributed by atoms with Crippen molar-refractivity contribution < 1.29 is 27.0 Å². The number of hydrogen-bond donors (Lipinski definition) is 1. The van der Waals surface area contributed by atoms with Crippen molar-refractivity contribution in [2.75, 3.05) is 25.0 Å². The molecule has 1 aliphatic rings.